The maximum absolute atomic E-state index is 6.21. The molecular weight excluding hydrogens is 320 g/mol. The van der Waals surface area contributed by atoms with Gasteiger partial charge in [-0.25, -0.2) is 4.98 Å². The number of allylic oxidation sites excluding steroid dienone is 2. The van der Waals surface area contributed by atoms with Crippen LogP contribution in [-0.2, 0) is 4.74 Å². The Kier molecular flexibility index (Phi) is 2.96. The molecule has 4 fully saturated rings. The zero-order chi connectivity index (χ0) is 17.7. The predicted octanol–water partition coefficient (Wildman–Crippen LogP) is 5.00. The van der Waals surface area contributed by atoms with Gasteiger partial charge in [0.25, 0.3) is 0 Å². The standard InChI is InChI=1S/C23H32N2O/c1-21-8-7-18-16(17(21)4-5-19(21)25-11-10-24-14-25)12-20(26-3)23-13-15(23)6-9-22(18,23)2/h5,10-11,14-18,20H,4,6-9,12-13H2,1-3H3. The fourth-order valence-corrected chi connectivity index (χ4v) is 8.93. The van der Waals surface area contributed by atoms with Crippen molar-refractivity contribution in [3.05, 3.63) is 24.8 Å². The van der Waals surface area contributed by atoms with Crippen molar-refractivity contribution in [1.29, 1.82) is 0 Å². The molecule has 1 aromatic rings. The van der Waals surface area contributed by atoms with Crippen LogP contribution in [0.5, 0.6) is 0 Å². The van der Waals surface area contributed by atoms with Crippen LogP contribution in [0.3, 0.4) is 0 Å². The summed E-state index contributed by atoms with van der Waals surface area (Å²) in [5.41, 5.74) is 2.88. The third kappa shape index (κ3) is 1.60. The van der Waals surface area contributed by atoms with E-state index in [9.17, 15) is 0 Å². The first kappa shape index (κ1) is 15.9. The molecule has 6 rings (SSSR count). The summed E-state index contributed by atoms with van der Waals surface area (Å²) in [6.45, 7) is 5.19. The highest BCUT2D eigenvalue weighted by molar-refractivity contribution is 5.56. The molecule has 5 aliphatic carbocycles. The van der Waals surface area contributed by atoms with Gasteiger partial charge in [-0.3, -0.25) is 0 Å². The summed E-state index contributed by atoms with van der Waals surface area (Å²) in [7, 11) is 1.99. The van der Waals surface area contributed by atoms with E-state index in [1.54, 1.807) is 0 Å². The maximum atomic E-state index is 6.21. The van der Waals surface area contributed by atoms with Crippen molar-refractivity contribution in [3.63, 3.8) is 0 Å². The molecule has 26 heavy (non-hydrogen) atoms. The average Bonchev–Trinajstić information content (AvgIpc) is 2.95. The van der Waals surface area contributed by atoms with E-state index in [0.717, 1.165) is 23.7 Å². The van der Waals surface area contributed by atoms with E-state index in [1.807, 2.05) is 19.6 Å². The highest BCUT2D eigenvalue weighted by Crippen LogP contribution is 2.82. The third-order valence-electron chi connectivity index (χ3n) is 10.2. The third-order valence-corrected chi connectivity index (χ3v) is 10.2. The van der Waals surface area contributed by atoms with Gasteiger partial charge in [0.1, 0.15) is 0 Å². The number of imidazole rings is 1. The number of ether oxygens (including phenoxy) is 1. The van der Waals surface area contributed by atoms with E-state index in [1.165, 1.54) is 50.6 Å². The average molecular weight is 353 g/mol. The Labute approximate surface area is 157 Å². The highest BCUT2D eigenvalue weighted by Gasteiger charge is 2.77. The quantitative estimate of drug-likeness (QED) is 0.749. The molecule has 0 saturated heterocycles. The molecule has 0 amide bonds. The van der Waals surface area contributed by atoms with Gasteiger partial charge in [0, 0.05) is 36.0 Å². The Hall–Kier alpha value is -1.09. The van der Waals surface area contributed by atoms with Crippen molar-refractivity contribution >= 4 is 5.70 Å². The molecule has 3 nitrogen and oxygen atoms in total. The number of nitrogens with zero attached hydrogens (tertiary/aromatic N) is 2. The van der Waals surface area contributed by atoms with Crippen LogP contribution in [0.25, 0.3) is 5.70 Å². The zero-order valence-electron chi connectivity index (χ0n) is 16.4. The molecule has 0 aliphatic heterocycles. The Bertz CT molecular complexity index is 769. The Balaban J connectivity index is 1.38. The van der Waals surface area contributed by atoms with Gasteiger partial charge in [0.15, 0.2) is 0 Å². The Morgan fingerprint density at radius 3 is 2.81 bits per heavy atom. The van der Waals surface area contributed by atoms with Crippen LogP contribution in [-0.4, -0.2) is 22.8 Å². The molecule has 1 heterocycles. The van der Waals surface area contributed by atoms with Crippen LogP contribution < -0.4 is 0 Å². The number of hydrogen-bond acceptors (Lipinski definition) is 2. The minimum atomic E-state index is 0.308. The lowest BCUT2D eigenvalue weighted by Gasteiger charge is -2.60. The van der Waals surface area contributed by atoms with Crippen LogP contribution >= 0.6 is 0 Å². The van der Waals surface area contributed by atoms with Crippen LogP contribution in [0.15, 0.2) is 24.8 Å². The number of hydrogen-bond donors (Lipinski definition) is 0. The molecule has 1 spiro atoms. The summed E-state index contributed by atoms with van der Waals surface area (Å²) in [6, 6.07) is 0. The van der Waals surface area contributed by atoms with Gasteiger partial charge in [-0.15, -0.1) is 0 Å². The van der Waals surface area contributed by atoms with Gasteiger partial charge in [-0.1, -0.05) is 19.9 Å². The van der Waals surface area contributed by atoms with Crippen molar-refractivity contribution in [2.75, 3.05) is 7.11 Å². The van der Waals surface area contributed by atoms with Crippen LogP contribution in [0.1, 0.15) is 58.8 Å². The molecule has 8 unspecified atom stereocenters. The first-order valence-corrected chi connectivity index (χ1v) is 10.8. The van der Waals surface area contributed by atoms with Crippen molar-refractivity contribution < 1.29 is 4.74 Å². The highest BCUT2D eigenvalue weighted by atomic mass is 16.5. The van der Waals surface area contributed by atoms with Gasteiger partial charge in [0.05, 0.1) is 12.4 Å². The molecule has 0 N–H and O–H groups in total. The van der Waals surface area contributed by atoms with Gasteiger partial charge in [0.2, 0.25) is 0 Å². The SMILES string of the molecule is COC1CC2C3CC=C(n4ccnc4)C3(C)CCC2C2(C)CCC3CC312. The van der Waals surface area contributed by atoms with Crippen molar-refractivity contribution in [2.24, 2.45) is 39.9 Å². The molecule has 5 aliphatic rings. The topological polar surface area (TPSA) is 27.1 Å². The molecule has 4 saturated carbocycles. The molecule has 0 bridgehead atoms. The van der Waals surface area contributed by atoms with Gasteiger partial charge >= 0.3 is 0 Å². The van der Waals surface area contributed by atoms with E-state index in [2.05, 4.69) is 35.7 Å². The predicted molar refractivity (Wildman–Crippen MR) is 102 cm³/mol. The monoisotopic (exact) mass is 352 g/mol. The number of rotatable bonds is 2. The second-order valence-electron chi connectivity index (χ2n) is 10.5. The van der Waals surface area contributed by atoms with Crippen LogP contribution in [0.2, 0.25) is 0 Å². The van der Waals surface area contributed by atoms with Crippen LogP contribution in [0, 0.1) is 39.9 Å². The number of fused-ring (bicyclic) bond motifs is 4. The van der Waals surface area contributed by atoms with E-state index in [0.29, 0.717) is 22.3 Å². The van der Waals surface area contributed by atoms with Gasteiger partial charge in [-0.05, 0) is 74.0 Å². The molecular formula is C23H32N2O. The van der Waals surface area contributed by atoms with Crippen LogP contribution in [0.4, 0.5) is 0 Å². The minimum Gasteiger partial charge on any atom is -0.381 e. The summed E-state index contributed by atoms with van der Waals surface area (Å²) >= 11 is 0. The maximum Gasteiger partial charge on any atom is 0.0989 e. The van der Waals surface area contributed by atoms with Crippen molar-refractivity contribution in [1.82, 2.24) is 9.55 Å². The second-order valence-corrected chi connectivity index (χ2v) is 10.5. The first-order chi connectivity index (χ1) is 12.5. The lowest BCUT2D eigenvalue weighted by Crippen LogP contribution is -2.56. The summed E-state index contributed by atoms with van der Waals surface area (Å²) < 4.78 is 8.50. The molecule has 0 radical (unpaired) electrons. The van der Waals surface area contributed by atoms with E-state index < -0.39 is 0 Å². The summed E-state index contributed by atoms with van der Waals surface area (Å²) in [5, 5.41) is 0. The van der Waals surface area contributed by atoms with E-state index in [-0.39, 0.29) is 0 Å². The minimum absolute atomic E-state index is 0.308. The summed E-state index contributed by atoms with van der Waals surface area (Å²) in [5.74, 6) is 3.49. The van der Waals surface area contributed by atoms with Crippen molar-refractivity contribution in [2.45, 2.75) is 64.9 Å². The largest absolute Gasteiger partial charge is 0.381 e. The number of methoxy groups -OCH3 is 1. The summed E-state index contributed by atoms with van der Waals surface area (Å²) in [6.07, 6.45) is 18.7. The Morgan fingerprint density at radius 1 is 1.19 bits per heavy atom. The van der Waals surface area contributed by atoms with Gasteiger partial charge in [-0.2, -0.15) is 0 Å². The fraction of sp³-hybridized carbons (Fsp3) is 0.783. The smallest absolute Gasteiger partial charge is 0.0989 e. The fourth-order valence-electron chi connectivity index (χ4n) is 8.93. The zero-order valence-corrected chi connectivity index (χ0v) is 16.4. The normalized spacial score (nSPS) is 54.1. The summed E-state index contributed by atoms with van der Waals surface area (Å²) in [4.78, 5) is 4.31. The van der Waals surface area contributed by atoms with Gasteiger partial charge < -0.3 is 9.30 Å². The number of aromatic nitrogens is 2. The lowest BCUT2D eigenvalue weighted by molar-refractivity contribution is -0.151. The Morgan fingerprint density at radius 2 is 2.08 bits per heavy atom. The molecule has 3 heteroatoms. The molecule has 1 aromatic heterocycles. The molecule has 8 atom stereocenters. The first-order valence-electron chi connectivity index (χ1n) is 10.8. The van der Waals surface area contributed by atoms with Crippen molar-refractivity contribution in [3.8, 4) is 0 Å². The van der Waals surface area contributed by atoms with E-state index >= 15 is 0 Å². The molecule has 0 aromatic carbocycles. The lowest BCUT2D eigenvalue weighted by atomic mass is 9.46. The second kappa shape index (κ2) is 4.84. The molecule has 140 valence electrons. The van der Waals surface area contributed by atoms with E-state index in [4.69, 9.17) is 4.74 Å².